The van der Waals surface area contributed by atoms with Gasteiger partial charge in [0, 0.05) is 75.3 Å². The summed E-state index contributed by atoms with van der Waals surface area (Å²) in [6.45, 7) is 6.24. The van der Waals surface area contributed by atoms with Crippen LogP contribution in [0.1, 0.15) is 37.8 Å². The smallest absolute Gasteiger partial charge is 0.209 e. The molecule has 9 nitrogen and oxygen atoms in total. The fourth-order valence-corrected chi connectivity index (χ4v) is 4.91. The van der Waals surface area contributed by atoms with Crippen molar-refractivity contribution in [2.75, 3.05) is 66.6 Å². The van der Waals surface area contributed by atoms with Crippen molar-refractivity contribution in [3.8, 4) is 0 Å². The molecule has 2 N–H and O–H groups in total. The summed E-state index contributed by atoms with van der Waals surface area (Å²) in [5, 5.41) is 3.12. The van der Waals surface area contributed by atoms with Crippen molar-refractivity contribution < 1.29 is 14.3 Å². The third-order valence-corrected chi connectivity index (χ3v) is 6.91. The molecule has 2 fully saturated rings. The number of carbonyl (C=O) groups is 1. The second-order valence-electron chi connectivity index (χ2n) is 9.43. The van der Waals surface area contributed by atoms with E-state index in [4.69, 9.17) is 9.47 Å². The standard InChI is InChI=1S/C17H22N6O.C9H18O2/c1-21-11-13(10-19-21)15-9-14-16(3-2-4-18-17(14)20-15)23-7-5-22(12-24)6-8-23;1-10-7-8-11-9-5-3-2-4-6-9/h2-3,9,11-12,19H,4-8,10H2,1H3,(H,18,20);9H,2-8H2,1H3. The molecule has 0 spiro atoms. The van der Waals surface area contributed by atoms with Gasteiger partial charge in [0.05, 0.1) is 25.9 Å². The summed E-state index contributed by atoms with van der Waals surface area (Å²) in [6.07, 6.45) is 14.4. The van der Waals surface area contributed by atoms with Gasteiger partial charge in [0.25, 0.3) is 0 Å². The molecule has 0 aromatic carbocycles. The molecule has 192 valence electrons. The predicted molar refractivity (Wildman–Crippen MR) is 137 cm³/mol. The Balaban J connectivity index is 0.000000221. The highest BCUT2D eigenvalue weighted by Gasteiger charge is 2.19. The summed E-state index contributed by atoms with van der Waals surface area (Å²) in [5.74, 6) is 0. The van der Waals surface area contributed by atoms with Crippen LogP contribution in [0.4, 0.5) is 0 Å². The molecular formula is C26H40N6O3. The number of hydrogen-bond donors (Lipinski definition) is 2. The third kappa shape index (κ3) is 6.96. The molecule has 1 saturated carbocycles. The number of carbonyl (C=O) groups excluding carboxylic acids is 1. The molecule has 0 unspecified atom stereocenters. The van der Waals surface area contributed by atoms with E-state index < -0.39 is 0 Å². The molecule has 4 aliphatic rings. The highest BCUT2D eigenvalue weighted by Crippen LogP contribution is 2.20. The number of nitrogens with zero attached hydrogens (tertiary/aromatic N) is 4. The van der Waals surface area contributed by atoms with Crippen molar-refractivity contribution >= 4 is 17.7 Å². The molecule has 9 heteroatoms. The first kappa shape index (κ1) is 25.5. The van der Waals surface area contributed by atoms with E-state index in [-0.39, 0.29) is 0 Å². The zero-order valence-corrected chi connectivity index (χ0v) is 21.2. The van der Waals surface area contributed by atoms with Crippen LogP contribution in [0.15, 0.2) is 29.4 Å². The van der Waals surface area contributed by atoms with Gasteiger partial charge in [-0.05, 0) is 25.0 Å². The number of H-pyrrole nitrogens is 1. The molecule has 4 heterocycles. The zero-order valence-electron chi connectivity index (χ0n) is 21.2. The Morgan fingerprint density at radius 1 is 1.14 bits per heavy atom. The Morgan fingerprint density at radius 2 is 1.94 bits per heavy atom. The minimum absolute atomic E-state index is 0.527. The van der Waals surface area contributed by atoms with Gasteiger partial charge in [-0.25, -0.2) is 5.43 Å². The van der Waals surface area contributed by atoms with Crippen LogP contribution in [0.5, 0.6) is 0 Å². The van der Waals surface area contributed by atoms with E-state index in [2.05, 4.69) is 44.7 Å². The molecule has 0 bridgehead atoms. The number of aromatic nitrogens is 1. The van der Waals surface area contributed by atoms with Gasteiger partial charge >= 0.3 is 0 Å². The summed E-state index contributed by atoms with van der Waals surface area (Å²) < 4.78 is 10.5. The van der Waals surface area contributed by atoms with Crippen molar-refractivity contribution in [2.45, 2.75) is 38.2 Å². The van der Waals surface area contributed by atoms with Crippen molar-refractivity contribution in [2.24, 2.45) is 4.99 Å². The van der Waals surface area contributed by atoms with Gasteiger partial charge in [-0.1, -0.05) is 25.3 Å². The number of ether oxygens (including phenoxy) is 2. The molecule has 1 amide bonds. The van der Waals surface area contributed by atoms with Crippen molar-refractivity contribution in [1.82, 2.24) is 25.2 Å². The van der Waals surface area contributed by atoms with E-state index in [1.807, 2.05) is 17.0 Å². The Kier molecular flexibility index (Phi) is 9.39. The van der Waals surface area contributed by atoms with Crippen LogP contribution in [0, 0.1) is 0 Å². The fraction of sp³-hybridized carbons (Fsp3) is 0.615. The number of nitrogens with one attached hydrogen (secondary N) is 2. The molecule has 1 aromatic heterocycles. The predicted octanol–water partition coefficient (Wildman–Crippen LogP) is 0.859. The van der Waals surface area contributed by atoms with E-state index in [9.17, 15) is 4.79 Å². The number of methoxy groups -OCH3 is 1. The van der Waals surface area contributed by atoms with Gasteiger partial charge in [0.1, 0.15) is 5.49 Å². The maximum Gasteiger partial charge on any atom is 0.209 e. The molecule has 1 aromatic rings. The molecule has 3 aliphatic heterocycles. The topological polar surface area (TPSA) is 85.4 Å². The van der Waals surface area contributed by atoms with Gasteiger partial charge in [-0.15, -0.1) is 0 Å². The number of piperazine rings is 1. The lowest BCUT2D eigenvalue weighted by Crippen LogP contribution is -2.46. The summed E-state index contributed by atoms with van der Waals surface area (Å²) >= 11 is 0. The van der Waals surface area contributed by atoms with Gasteiger partial charge < -0.3 is 29.3 Å². The highest BCUT2D eigenvalue weighted by atomic mass is 16.5. The average Bonchev–Trinajstić information content (AvgIpc) is 3.47. The third-order valence-electron chi connectivity index (χ3n) is 6.91. The Morgan fingerprint density at radius 3 is 2.63 bits per heavy atom. The molecule has 1 aliphatic carbocycles. The normalized spacial score (nSPS) is 20.6. The van der Waals surface area contributed by atoms with Crippen molar-refractivity contribution in [3.05, 3.63) is 40.8 Å². The van der Waals surface area contributed by atoms with Gasteiger partial charge in [0.2, 0.25) is 6.41 Å². The van der Waals surface area contributed by atoms with Crippen molar-refractivity contribution in [1.29, 1.82) is 0 Å². The number of rotatable bonds is 7. The van der Waals surface area contributed by atoms with E-state index in [0.29, 0.717) is 12.6 Å². The molecule has 0 radical (unpaired) electrons. The number of hydrazine groups is 1. The minimum Gasteiger partial charge on any atom is -0.382 e. The summed E-state index contributed by atoms with van der Waals surface area (Å²) in [5.41, 5.74) is 7.75. The van der Waals surface area contributed by atoms with Crippen molar-refractivity contribution in [3.63, 3.8) is 0 Å². The first-order valence-electron chi connectivity index (χ1n) is 12.8. The first-order valence-corrected chi connectivity index (χ1v) is 12.8. The summed E-state index contributed by atoms with van der Waals surface area (Å²) in [7, 11) is 3.71. The molecule has 5 rings (SSSR count). The highest BCUT2D eigenvalue weighted by molar-refractivity contribution is 5.67. The molecular weight excluding hydrogens is 444 g/mol. The van der Waals surface area contributed by atoms with Crippen LogP contribution in [-0.2, 0) is 14.3 Å². The monoisotopic (exact) mass is 484 g/mol. The maximum absolute atomic E-state index is 10.9. The van der Waals surface area contributed by atoms with E-state index >= 15 is 0 Å². The number of aromatic amines is 1. The molecule has 0 atom stereocenters. The van der Waals surface area contributed by atoms with Crippen LogP contribution in [-0.4, -0.2) is 98.9 Å². The van der Waals surface area contributed by atoms with Gasteiger partial charge in [0.15, 0.2) is 0 Å². The van der Waals surface area contributed by atoms with E-state index in [1.54, 1.807) is 7.11 Å². The van der Waals surface area contributed by atoms with Crippen LogP contribution in [0.2, 0.25) is 0 Å². The lowest BCUT2D eigenvalue weighted by molar-refractivity contribution is -0.119. The minimum atomic E-state index is 0.527. The van der Waals surface area contributed by atoms with Crippen LogP contribution < -0.4 is 16.1 Å². The lowest BCUT2D eigenvalue weighted by atomic mass is 9.98. The Bertz CT molecular complexity index is 1000. The largest absolute Gasteiger partial charge is 0.382 e. The van der Waals surface area contributed by atoms with E-state index in [0.717, 1.165) is 68.7 Å². The molecule has 1 saturated heterocycles. The average molecular weight is 485 g/mol. The zero-order chi connectivity index (χ0) is 24.5. The summed E-state index contributed by atoms with van der Waals surface area (Å²) in [6, 6.07) is 2.20. The number of fused-ring (bicyclic) bond motifs is 1. The quantitative estimate of drug-likeness (QED) is 0.441. The number of hydrogen-bond acceptors (Lipinski definition) is 7. The summed E-state index contributed by atoms with van der Waals surface area (Å²) in [4.78, 5) is 23.2. The molecule has 35 heavy (non-hydrogen) atoms. The van der Waals surface area contributed by atoms with Gasteiger partial charge in [-0.3, -0.25) is 9.79 Å². The van der Waals surface area contributed by atoms with Crippen LogP contribution >= 0.6 is 0 Å². The lowest BCUT2D eigenvalue weighted by Gasteiger charge is -2.34. The first-order chi connectivity index (χ1) is 17.2. The Hall–Kier alpha value is -2.62. The SMILES string of the molecule is CN1C=C(c2cc3c([nH]2)=NCC=CC=3N2CCN(C=O)CC2)CN1.COCCOC1CCCCC1. The van der Waals surface area contributed by atoms with Crippen LogP contribution in [0.25, 0.3) is 11.3 Å². The Labute approximate surface area is 208 Å². The maximum atomic E-state index is 10.9. The van der Waals surface area contributed by atoms with E-state index in [1.165, 1.54) is 43.4 Å². The second kappa shape index (κ2) is 12.9. The second-order valence-corrected chi connectivity index (χ2v) is 9.43. The van der Waals surface area contributed by atoms with Gasteiger partial charge in [-0.2, -0.15) is 0 Å². The van der Waals surface area contributed by atoms with Crippen LogP contribution in [0.3, 0.4) is 0 Å². The fourth-order valence-electron chi connectivity index (χ4n) is 4.91. The number of amides is 1.